The molecule has 6 rings (SSSR count). The molecule has 0 bridgehead atoms. The Morgan fingerprint density at radius 2 is 1.53 bits per heavy atom. The second-order valence-electron chi connectivity index (χ2n) is 18.6. The molecule has 45 heavy (non-hydrogen) atoms. The van der Waals surface area contributed by atoms with Crippen molar-refractivity contribution in [1.29, 1.82) is 0 Å². The fourth-order valence-corrected chi connectivity index (χ4v) is 14.0. The van der Waals surface area contributed by atoms with E-state index >= 15 is 0 Å². The summed E-state index contributed by atoms with van der Waals surface area (Å²) in [6.07, 6.45) is 32.9. The average Bonchev–Trinajstić information content (AvgIpc) is 3.43. The van der Waals surface area contributed by atoms with Crippen molar-refractivity contribution in [2.24, 2.45) is 67.6 Å². The van der Waals surface area contributed by atoms with Gasteiger partial charge in [-0.1, -0.05) is 90.8 Å². The van der Waals surface area contributed by atoms with Crippen LogP contribution in [0, 0.1) is 62.6 Å². The van der Waals surface area contributed by atoms with Crippen LogP contribution in [-0.2, 0) is 0 Å². The second-order valence-corrected chi connectivity index (χ2v) is 18.6. The predicted molar refractivity (Wildman–Crippen MR) is 195 cm³/mol. The molecule has 8 unspecified atom stereocenters. The highest BCUT2D eigenvalue weighted by molar-refractivity contribution is 5.32. The van der Waals surface area contributed by atoms with E-state index in [0.29, 0.717) is 21.7 Å². The van der Waals surface area contributed by atoms with E-state index in [0.717, 1.165) is 60.5 Å². The van der Waals surface area contributed by atoms with Crippen LogP contribution in [0.3, 0.4) is 0 Å². The van der Waals surface area contributed by atoms with Gasteiger partial charge in [-0.3, -0.25) is 4.99 Å². The number of hydrogen-bond acceptors (Lipinski definition) is 1. The van der Waals surface area contributed by atoms with Gasteiger partial charge in [-0.2, -0.15) is 0 Å². The monoisotopic (exact) mass is 612 g/mol. The first-order chi connectivity index (χ1) is 21.4. The number of fused-ring (bicyclic) bond motifs is 7. The Hall–Kier alpha value is -1.37. The molecule has 6 aliphatic rings. The molecule has 0 radical (unpaired) electrons. The highest BCUT2D eigenvalue weighted by atomic mass is 14.7. The molecule has 250 valence electrons. The van der Waals surface area contributed by atoms with Crippen LogP contribution >= 0.6 is 0 Å². The zero-order valence-corrected chi connectivity index (χ0v) is 30.7. The highest BCUT2D eigenvalue weighted by Gasteiger charge is 2.62. The van der Waals surface area contributed by atoms with E-state index in [-0.39, 0.29) is 5.41 Å². The van der Waals surface area contributed by atoms with Gasteiger partial charge in [-0.25, -0.2) is 0 Å². The molecule has 8 atom stereocenters. The molecule has 1 nitrogen and oxygen atoms in total. The van der Waals surface area contributed by atoms with Crippen molar-refractivity contribution in [2.75, 3.05) is 0 Å². The van der Waals surface area contributed by atoms with Gasteiger partial charge < -0.3 is 0 Å². The molecular formula is C44H69N. The summed E-state index contributed by atoms with van der Waals surface area (Å²) >= 11 is 0. The lowest BCUT2D eigenvalue weighted by molar-refractivity contribution is -0.134. The predicted octanol–water partition coefficient (Wildman–Crippen LogP) is 13.1. The second kappa shape index (κ2) is 12.3. The van der Waals surface area contributed by atoms with Crippen molar-refractivity contribution < 1.29 is 0 Å². The molecular weight excluding hydrogens is 542 g/mol. The largest absolute Gasteiger partial charge is 0.269 e. The molecule has 0 heterocycles. The van der Waals surface area contributed by atoms with E-state index < -0.39 is 0 Å². The number of nitrogens with zero attached hydrogens (tertiary/aromatic N) is 1. The van der Waals surface area contributed by atoms with E-state index in [2.05, 4.69) is 91.1 Å². The lowest BCUT2D eigenvalue weighted by Crippen LogP contribution is -2.57. The van der Waals surface area contributed by atoms with Crippen molar-refractivity contribution in [2.45, 2.75) is 158 Å². The van der Waals surface area contributed by atoms with Crippen molar-refractivity contribution in [3.8, 4) is 0 Å². The zero-order valence-electron chi connectivity index (χ0n) is 30.7. The van der Waals surface area contributed by atoms with Crippen LogP contribution in [0.15, 0.2) is 52.7 Å². The summed E-state index contributed by atoms with van der Waals surface area (Å²) in [7, 11) is 0. The van der Waals surface area contributed by atoms with Crippen molar-refractivity contribution in [1.82, 2.24) is 0 Å². The summed E-state index contributed by atoms with van der Waals surface area (Å²) in [5, 5.41) is 0. The van der Waals surface area contributed by atoms with Crippen LogP contribution in [0.1, 0.15) is 158 Å². The lowest BCUT2D eigenvalue weighted by Gasteiger charge is -2.65. The maximum absolute atomic E-state index is 4.66. The first-order valence-corrected chi connectivity index (χ1v) is 19.6. The Balaban J connectivity index is 1.19. The molecule has 0 aromatic carbocycles. The molecule has 0 aromatic heterocycles. The van der Waals surface area contributed by atoms with E-state index in [1.807, 2.05) is 5.57 Å². The molecule has 0 aromatic rings. The van der Waals surface area contributed by atoms with Crippen molar-refractivity contribution in [3.05, 3.63) is 47.7 Å². The number of aliphatic imine (C=N–C) groups is 1. The quantitative estimate of drug-likeness (QED) is 0.147. The Kier molecular flexibility index (Phi) is 9.13. The molecule has 0 amide bonds. The van der Waals surface area contributed by atoms with Crippen LogP contribution in [0.4, 0.5) is 0 Å². The van der Waals surface area contributed by atoms with Crippen LogP contribution in [0.25, 0.3) is 0 Å². The minimum Gasteiger partial charge on any atom is -0.269 e. The number of hydrogen-bond donors (Lipinski definition) is 0. The van der Waals surface area contributed by atoms with Crippen LogP contribution in [-0.4, -0.2) is 6.72 Å². The summed E-state index contributed by atoms with van der Waals surface area (Å²) in [6, 6.07) is 0. The maximum Gasteiger partial charge on any atom is 0.0393 e. The van der Waals surface area contributed by atoms with E-state index in [4.69, 9.17) is 0 Å². The molecule has 5 saturated carbocycles. The van der Waals surface area contributed by atoms with E-state index in [9.17, 15) is 0 Å². The van der Waals surface area contributed by atoms with Gasteiger partial charge in [0, 0.05) is 5.70 Å². The smallest absolute Gasteiger partial charge is 0.0393 e. The van der Waals surface area contributed by atoms with Gasteiger partial charge >= 0.3 is 0 Å². The minimum atomic E-state index is 0.243. The zero-order chi connectivity index (χ0) is 32.3. The van der Waals surface area contributed by atoms with E-state index in [1.165, 1.54) is 76.2 Å². The molecule has 6 aliphatic carbocycles. The summed E-state index contributed by atoms with van der Waals surface area (Å²) < 4.78 is 0. The van der Waals surface area contributed by atoms with Gasteiger partial charge in [0.1, 0.15) is 0 Å². The first-order valence-electron chi connectivity index (χ1n) is 19.6. The number of rotatable bonds is 8. The van der Waals surface area contributed by atoms with Gasteiger partial charge in [0.15, 0.2) is 0 Å². The Labute approximate surface area is 279 Å². The van der Waals surface area contributed by atoms with Crippen molar-refractivity contribution in [3.63, 3.8) is 0 Å². The maximum atomic E-state index is 4.66. The van der Waals surface area contributed by atoms with Crippen LogP contribution < -0.4 is 0 Å². The molecule has 0 saturated heterocycles. The highest BCUT2D eigenvalue weighted by Crippen LogP contribution is 2.71. The van der Waals surface area contributed by atoms with Gasteiger partial charge in [0.2, 0.25) is 0 Å². The minimum absolute atomic E-state index is 0.243. The third-order valence-corrected chi connectivity index (χ3v) is 16.5. The standard InChI is InChI=1S/C44H69N/c1-10-31(3)44(24-13-12-15-32(11-2)45-9)29-27-42(7,28-30-44)38-22-26-43(8)37-19-17-34-33(21-25-41(6)23-14-16-36(34)41)35(37)18-20-39(43)40(38,4)5/h12-13,15,22,33-37,39H,3,9-11,14,16-21,23-30H2,1-2,4-8H3/b13-12-,32-15-. The third kappa shape index (κ3) is 5.45. The molecule has 5 fully saturated rings. The molecule has 0 aliphatic heterocycles. The fourth-order valence-electron chi connectivity index (χ4n) is 14.0. The SMILES string of the molecule is C=N/C(=C\C=C/CC1(C(=C)CC)CCC(C)(C2=CCC3(C)C4CCC5C(CCC6(C)CCCC56)C4CCC3C2(C)C)CC1)CC. The lowest BCUT2D eigenvalue weighted by atomic mass is 9.39. The Bertz CT molecular complexity index is 1220. The molecule has 0 N–H and O–H groups in total. The summed E-state index contributed by atoms with van der Waals surface area (Å²) in [5.74, 6) is 5.92. The fraction of sp³-hybridized carbons (Fsp3) is 0.795. The topological polar surface area (TPSA) is 12.4 Å². The number of allylic oxidation sites excluding steroid dienone is 7. The molecule has 1 heteroatoms. The van der Waals surface area contributed by atoms with Gasteiger partial charge in [0.05, 0.1) is 0 Å². The summed E-state index contributed by atoms with van der Waals surface area (Å²) in [5.41, 5.74) is 6.40. The third-order valence-electron chi connectivity index (χ3n) is 16.5. The summed E-state index contributed by atoms with van der Waals surface area (Å²) in [4.78, 5) is 4.17. The average molecular weight is 612 g/mol. The first kappa shape index (κ1) is 33.5. The van der Waals surface area contributed by atoms with Crippen molar-refractivity contribution >= 4 is 6.72 Å². The Morgan fingerprint density at radius 1 is 0.822 bits per heavy atom. The normalized spacial score (nSPS) is 46.0. The molecule has 0 spiro atoms. The van der Waals surface area contributed by atoms with Gasteiger partial charge in [-0.15, -0.1) is 0 Å². The van der Waals surface area contributed by atoms with Gasteiger partial charge in [-0.05, 0) is 178 Å². The summed E-state index contributed by atoms with van der Waals surface area (Å²) in [6.45, 7) is 26.3. The Morgan fingerprint density at radius 3 is 2.22 bits per heavy atom. The van der Waals surface area contributed by atoms with Crippen LogP contribution in [0.5, 0.6) is 0 Å². The van der Waals surface area contributed by atoms with Crippen LogP contribution in [0.2, 0.25) is 0 Å². The van der Waals surface area contributed by atoms with E-state index in [1.54, 1.807) is 19.3 Å². The van der Waals surface area contributed by atoms with Gasteiger partial charge in [0.25, 0.3) is 0 Å².